The molecule has 2 N–H and O–H groups in total. The van der Waals surface area contributed by atoms with Gasteiger partial charge < -0.3 is 29.4 Å². The third-order valence-electron chi connectivity index (χ3n) is 5.96. The number of piperidine rings is 1. The van der Waals surface area contributed by atoms with Crippen LogP contribution in [0.15, 0.2) is 52.1 Å². The van der Waals surface area contributed by atoms with Crippen molar-refractivity contribution in [3.63, 3.8) is 0 Å². The van der Waals surface area contributed by atoms with E-state index in [1.807, 2.05) is 18.2 Å². The average molecular weight is 427 g/mol. The molecule has 0 amide bonds. The molecule has 7 nitrogen and oxygen atoms in total. The summed E-state index contributed by atoms with van der Waals surface area (Å²) in [7, 11) is 1.71. The lowest BCUT2D eigenvalue weighted by Gasteiger charge is -2.35. The molecule has 1 aromatic carbocycles. The van der Waals surface area contributed by atoms with Crippen molar-refractivity contribution in [1.29, 1.82) is 0 Å². The Morgan fingerprint density at radius 1 is 1.26 bits per heavy atom. The van der Waals surface area contributed by atoms with Gasteiger partial charge in [0.2, 0.25) is 0 Å². The van der Waals surface area contributed by atoms with E-state index < -0.39 is 0 Å². The Kier molecular flexibility index (Phi) is 7.71. The zero-order chi connectivity index (χ0) is 21.3. The largest absolute Gasteiger partial charge is 0.497 e. The van der Waals surface area contributed by atoms with Crippen molar-refractivity contribution in [2.24, 2.45) is 10.9 Å². The van der Waals surface area contributed by atoms with Crippen molar-refractivity contribution >= 4 is 11.6 Å². The summed E-state index contributed by atoms with van der Waals surface area (Å²) in [5.74, 6) is 3.28. The normalized spacial score (nSPS) is 21.8. The Labute approximate surface area is 184 Å². The molecule has 2 unspecified atom stereocenters. The van der Waals surface area contributed by atoms with Gasteiger partial charge in [-0.05, 0) is 43.5 Å². The van der Waals surface area contributed by atoms with Gasteiger partial charge in [0.25, 0.3) is 0 Å². The number of ether oxygens (including phenoxy) is 2. The van der Waals surface area contributed by atoms with E-state index in [1.165, 1.54) is 5.69 Å². The SMILES string of the molecule is COc1cccc(N2CCCC(NC(=NCC3CCOC3)NCCc3ccco3)C2)c1. The first-order valence-corrected chi connectivity index (χ1v) is 11.3. The van der Waals surface area contributed by atoms with Crippen LogP contribution in [-0.4, -0.2) is 58.5 Å². The van der Waals surface area contributed by atoms with E-state index in [0.29, 0.717) is 12.0 Å². The molecule has 2 aromatic rings. The minimum Gasteiger partial charge on any atom is -0.497 e. The molecule has 2 fully saturated rings. The summed E-state index contributed by atoms with van der Waals surface area (Å²) in [5, 5.41) is 7.18. The molecule has 168 valence electrons. The highest BCUT2D eigenvalue weighted by Crippen LogP contribution is 2.24. The van der Waals surface area contributed by atoms with Gasteiger partial charge in [-0.15, -0.1) is 0 Å². The number of nitrogens with zero attached hydrogens (tertiary/aromatic N) is 2. The van der Waals surface area contributed by atoms with Gasteiger partial charge in [-0.25, -0.2) is 0 Å². The average Bonchev–Trinajstić information content (AvgIpc) is 3.52. The standard InChI is InChI=1S/C24H34N4O3/c1-29-23-7-2-6-21(15-23)28-12-3-5-20(17-28)27-24(26-16-19-10-14-30-18-19)25-11-9-22-8-4-13-31-22/h2,4,6-8,13,15,19-20H,3,5,9-12,14,16-18H2,1H3,(H2,25,26,27). The number of nitrogens with one attached hydrogen (secondary N) is 2. The summed E-state index contributed by atoms with van der Waals surface area (Å²) in [6.07, 6.45) is 5.92. The first kappa shape index (κ1) is 21.6. The molecule has 0 aliphatic carbocycles. The predicted molar refractivity (Wildman–Crippen MR) is 123 cm³/mol. The monoisotopic (exact) mass is 426 g/mol. The minimum atomic E-state index is 0.342. The number of hydrogen-bond acceptors (Lipinski definition) is 5. The van der Waals surface area contributed by atoms with E-state index in [1.54, 1.807) is 13.4 Å². The highest BCUT2D eigenvalue weighted by Gasteiger charge is 2.22. The van der Waals surface area contributed by atoms with E-state index in [-0.39, 0.29) is 0 Å². The fraction of sp³-hybridized carbons (Fsp3) is 0.542. The number of aliphatic imine (C=N–C) groups is 1. The maximum atomic E-state index is 5.51. The van der Waals surface area contributed by atoms with Crippen molar-refractivity contribution in [3.05, 3.63) is 48.4 Å². The van der Waals surface area contributed by atoms with Gasteiger partial charge in [-0.3, -0.25) is 4.99 Å². The van der Waals surface area contributed by atoms with Crippen molar-refractivity contribution in [1.82, 2.24) is 10.6 Å². The molecule has 2 aliphatic heterocycles. The highest BCUT2D eigenvalue weighted by molar-refractivity contribution is 5.80. The van der Waals surface area contributed by atoms with Crippen molar-refractivity contribution in [3.8, 4) is 5.75 Å². The van der Waals surface area contributed by atoms with Gasteiger partial charge in [0, 0.05) is 62.9 Å². The van der Waals surface area contributed by atoms with Crippen LogP contribution in [0.25, 0.3) is 0 Å². The zero-order valence-corrected chi connectivity index (χ0v) is 18.4. The molecule has 31 heavy (non-hydrogen) atoms. The van der Waals surface area contributed by atoms with E-state index in [9.17, 15) is 0 Å². The highest BCUT2D eigenvalue weighted by atomic mass is 16.5. The van der Waals surface area contributed by atoms with Crippen LogP contribution in [-0.2, 0) is 11.2 Å². The number of furan rings is 1. The third kappa shape index (κ3) is 6.40. The van der Waals surface area contributed by atoms with Gasteiger partial charge in [0.15, 0.2) is 5.96 Å². The molecule has 3 heterocycles. The second-order valence-electron chi connectivity index (χ2n) is 8.31. The smallest absolute Gasteiger partial charge is 0.191 e. The lowest BCUT2D eigenvalue weighted by atomic mass is 10.0. The molecule has 7 heteroatoms. The molecule has 0 radical (unpaired) electrons. The second-order valence-corrected chi connectivity index (χ2v) is 8.31. The van der Waals surface area contributed by atoms with Crippen LogP contribution in [0.2, 0.25) is 0 Å². The van der Waals surface area contributed by atoms with Gasteiger partial charge >= 0.3 is 0 Å². The number of hydrogen-bond donors (Lipinski definition) is 2. The number of rotatable bonds is 8. The third-order valence-corrected chi connectivity index (χ3v) is 5.96. The minimum absolute atomic E-state index is 0.342. The van der Waals surface area contributed by atoms with E-state index in [2.05, 4.69) is 33.7 Å². The van der Waals surface area contributed by atoms with Crippen molar-refractivity contribution in [2.45, 2.75) is 31.7 Å². The second kappa shape index (κ2) is 11.1. The van der Waals surface area contributed by atoms with Crippen LogP contribution in [0.1, 0.15) is 25.0 Å². The Morgan fingerprint density at radius 2 is 2.23 bits per heavy atom. The van der Waals surface area contributed by atoms with E-state index in [4.69, 9.17) is 18.9 Å². The summed E-state index contributed by atoms with van der Waals surface area (Å²) < 4.78 is 16.4. The maximum Gasteiger partial charge on any atom is 0.191 e. The van der Waals surface area contributed by atoms with Crippen LogP contribution >= 0.6 is 0 Å². The molecule has 2 aliphatic rings. The fourth-order valence-corrected chi connectivity index (χ4v) is 4.19. The number of methoxy groups -OCH3 is 1. The fourth-order valence-electron chi connectivity index (χ4n) is 4.19. The number of anilines is 1. The molecule has 4 rings (SSSR count). The summed E-state index contributed by atoms with van der Waals surface area (Å²) in [5.41, 5.74) is 1.21. The van der Waals surface area contributed by atoms with Gasteiger partial charge in [0.1, 0.15) is 11.5 Å². The topological polar surface area (TPSA) is 71.3 Å². The Hall–Kier alpha value is -2.67. The zero-order valence-electron chi connectivity index (χ0n) is 18.4. The number of guanidine groups is 1. The molecular formula is C24H34N4O3. The van der Waals surface area contributed by atoms with E-state index >= 15 is 0 Å². The lowest BCUT2D eigenvalue weighted by Crippen LogP contribution is -2.51. The van der Waals surface area contributed by atoms with Crippen LogP contribution in [0, 0.1) is 5.92 Å². The predicted octanol–water partition coefficient (Wildman–Crippen LogP) is 3.07. The van der Waals surface area contributed by atoms with Crippen molar-refractivity contribution in [2.75, 3.05) is 51.4 Å². The first-order valence-electron chi connectivity index (χ1n) is 11.3. The Bertz CT molecular complexity index is 818. The van der Waals surface area contributed by atoms with Crippen LogP contribution in [0.4, 0.5) is 5.69 Å². The molecule has 0 saturated carbocycles. The molecular weight excluding hydrogens is 392 g/mol. The van der Waals surface area contributed by atoms with Gasteiger partial charge in [-0.1, -0.05) is 6.07 Å². The quantitative estimate of drug-likeness (QED) is 0.499. The molecule has 0 bridgehead atoms. The summed E-state index contributed by atoms with van der Waals surface area (Å²) in [6.45, 7) is 5.25. The summed E-state index contributed by atoms with van der Waals surface area (Å²) in [4.78, 5) is 7.31. The molecule has 0 spiro atoms. The molecule has 2 saturated heterocycles. The van der Waals surface area contributed by atoms with E-state index in [0.717, 1.165) is 82.5 Å². The molecule has 2 atom stereocenters. The first-order chi connectivity index (χ1) is 15.3. The Morgan fingerprint density at radius 3 is 3.03 bits per heavy atom. The summed E-state index contributed by atoms with van der Waals surface area (Å²) >= 11 is 0. The van der Waals surface area contributed by atoms with Crippen LogP contribution < -0.4 is 20.3 Å². The van der Waals surface area contributed by atoms with Gasteiger partial charge in [0.05, 0.1) is 20.0 Å². The molecule has 1 aromatic heterocycles. The van der Waals surface area contributed by atoms with Crippen molar-refractivity contribution < 1.29 is 13.9 Å². The summed E-state index contributed by atoms with van der Waals surface area (Å²) in [6, 6.07) is 12.6. The van der Waals surface area contributed by atoms with Crippen LogP contribution in [0.5, 0.6) is 5.75 Å². The lowest BCUT2D eigenvalue weighted by molar-refractivity contribution is 0.187. The number of benzene rings is 1. The Balaban J connectivity index is 1.36. The van der Waals surface area contributed by atoms with Crippen LogP contribution in [0.3, 0.4) is 0 Å². The van der Waals surface area contributed by atoms with Gasteiger partial charge in [-0.2, -0.15) is 0 Å². The maximum absolute atomic E-state index is 5.51.